The van der Waals surface area contributed by atoms with Crippen LogP contribution in [0.4, 0.5) is 10.5 Å². The number of urea groups is 1. The fourth-order valence-electron chi connectivity index (χ4n) is 3.34. The summed E-state index contributed by atoms with van der Waals surface area (Å²) in [4.78, 5) is 37.2. The van der Waals surface area contributed by atoms with E-state index >= 15 is 0 Å². The van der Waals surface area contributed by atoms with Gasteiger partial charge in [0, 0.05) is 25.2 Å². The number of aliphatic carboxylic acids is 1. The molecule has 0 spiro atoms. The summed E-state index contributed by atoms with van der Waals surface area (Å²) in [5, 5.41) is 11.9. The highest BCUT2D eigenvalue weighted by molar-refractivity contribution is 6.05. The summed E-state index contributed by atoms with van der Waals surface area (Å²) in [5.74, 6) is -1.27. The van der Waals surface area contributed by atoms with Gasteiger partial charge in [-0.2, -0.15) is 0 Å². The van der Waals surface area contributed by atoms with Crippen molar-refractivity contribution in [1.82, 2.24) is 4.90 Å². The lowest BCUT2D eigenvalue weighted by atomic mass is 9.93. The number of methoxy groups -OCH3 is 1. The van der Waals surface area contributed by atoms with E-state index in [0.29, 0.717) is 41.0 Å². The molecule has 0 fully saturated rings. The van der Waals surface area contributed by atoms with Crippen molar-refractivity contribution in [2.45, 2.75) is 40.2 Å². The minimum absolute atomic E-state index is 0.131. The molecule has 8 heteroatoms. The average molecular weight is 404 g/mol. The summed E-state index contributed by atoms with van der Waals surface area (Å²) in [5.41, 5.74) is 3.76. The first-order chi connectivity index (χ1) is 13.6. The molecular formula is C21H28N2O6. The van der Waals surface area contributed by atoms with Gasteiger partial charge in [-0.05, 0) is 32.3 Å². The number of ether oxygens (including phenoxy) is 2. The minimum Gasteiger partial charge on any atom is -0.496 e. The second kappa shape index (κ2) is 8.98. The molecule has 2 amide bonds. The molecule has 1 aliphatic heterocycles. The van der Waals surface area contributed by atoms with Crippen molar-refractivity contribution in [2.24, 2.45) is 5.92 Å². The minimum atomic E-state index is -0.856. The first-order valence-corrected chi connectivity index (χ1v) is 9.34. The van der Waals surface area contributed by atoms with E-state index in [9.17, 15) is 14.4 Å². The number of allylic oxidation sites excluding steroid dienone is 2. The van der Waals surface area contributed by atoms with Crippen LogP contribution in [0.1, 0.15) is 47.3 Å². The molecule has 2 rings (SSSR count). The van der Waals surface area contributed by atoms with Crippen molar-refractivity contribution in [3.8, 4) is 5.75 Å². The molecule has 158 valence electrons. The Hall–Kier alpha value is -3.03. The van der Waals surface area contributed by atoms with Gasteiger partial charge in [0.05, 0.1) is 24.3 Å². The predicted molar refractivity (Wildman–Crippen MR) is 108 cm³/mol. The number of carboxylic acids is 1. The van der Waals surface area contributed by atoms with Crippen molar-refractivity contribution in [1.29, 1.82) is 0 Å². The van der Waals surface area contributed by atoms with E-state index in [2.05, 4.69) is 5.32 Å². The molecule has 8 nitrogen and oxygen atoms in total. The Labute approximate surface area is 170 Å². The molecule has 1 aromatic rings. The Balaban J connectivity index is 2.55. The number of hydrogen-bond donors (Lipinski definition) is 2. The van der Waals surface area contributed by atoms with Crippen LogP contribution in [0.25, 0.3) is 0 Å². The normalized spacial score (nSPS) is 14.1. The van der Waals surface area contributed by atoms with Gasteiger partial charge < -0.3 is 24.8 Å². The fraction of sp³-hybridized carbons (Fsp3) is 0.476. The quantitative estimate of drug-likeness (QED) is 0.533. The van der Waals surface area contributed by atoms with Crippen molar-refractivity contribution in [3.05, 3.63) is 33.9 Å². The zero-order valence-electron chi connectivity index (χ0n) is 17.7. The van der Waals surface area contributed by atoms with Crippen LogP contribution < -0.4 is 10.1 Å². The highest BCUT2D eigenvalue weighted by atomic mass is 16.5. The second-order valence-corrected chi connectivity index (χ2v) is 7.46. The van der Waals surface area contributed by atoms with Gasteiger partial charge in [-0.3, -0.25) is 4.79 Å². The van der Waals surface area contributed by atoms with Crippen LogP contribution in [0.15, 0.2) is 11.6 Å². The van der Waals surface area contributed by atoms with Crippen molar-refractivity contribution >= 4 is 23.7 Å². The molecule has 0 aliphatic carbocycles. The Morgan fingerprint density at radius 3 is 2.59 bits per heavy atom. The van der Waals surface area contributed by atoms with Gasteiger partial charge in [-0.25, -0.2) is 9.59 Å². The molecule has 0 saturated carbocycles. The number of carbonyl (C=O) groups is 3. The highest BCUT2D eigenvalue weighted by Crippen LogP contribution is 2.41. The van der Waals surface area contributed by atoms with Crippen molar-refractivity contribution in [2.75, 3.05) is 26.5 Å². The van der Waals surface area contributed by atoms with E-state index in [0.717, 1.165) is 11.1 Å². The molecule has 29 heavy (non-hydrogen) atoms. The first kappa shape index (κ1) is 22.3. The van der Waals surface area contributed by atoms with Gasteiger partial charge in [0.1, 0.15) is 12.4 Å². The molecule has 1 heterocycles. The van der Waals surface area contributed by atoms with E-state index in [1.54, 1.807) is 21.0 Å². The number of esters is 1. The standard InChI is InChI=1S/C21H28N2O6/c1-11(9-12(2)19(24)25)7-8-14-17(22-21(27)23(4)5)16-15(10-29-20(16)26)13(3)18(14)28-6/h7,12H,8-10H2,1-6H3,(H,22,27)(H,24,25)/b11-7+. The molecule has 1 unspecified atom stereocenters. The van der Waals surface area contributed by atoms with Gasteiger partial charge in [-0.1, -0.05) is 18.6 Å². The van der Waals surface area contributed by atoms with Crippen LogP contribution in [-0.2, 0) is 22.6 Å². The Morgan fingerprint density at radius 1 is 1.38 bits per heavy atom. The van der Waals surface area contributed by atoms with Gasteiger partial charge in [0.25, 0.3) is 0 Å². The van der Waals surface area contributed by atoms with E-state index in [4.69, 9.17) is 14.6 Å². The van der Waals surface area contributed by atoms with Crippen LogP contribution in [0, 0.1) is 12.8 Å². The molecule has 1 aliphatic rings. The Bertz CT molecular complexity index is 873. The predicted octanol–water partition coefficient (Wildman–Crippen LogP) is 3.37. The Kier molecular flexibility index (Phi) is 6.89. The first-order valence-electron chi connectivity index (χ1n) is 9.34. The topological polar surface area (TPSA) is 105 Å². The summed E-state index contributed by atoms with van der Waals surface area (Å²) in [6, 6.07) is -0.376. The molecule has 1 atom stereocenters. The Morgan fingerprint density at radius 2 is 2.03 bits per heavy atom. The summed E-state index contributed by atoms with van der Waals surface area (Å²) >= 11 is 0. The lowest BCUT2D eigenvalue weighted by Gasteiger charge is -2.21. The number of carbonyl (C=O) groups excluding carboxylic acids is 2. The smallest absolute Gasteiger partial charge is 0.341 e. The van der Waals surface area contributed by atoms with Crippen molar-refractivity contribution < 1.29 is 29.0 Å². The van der Waals surface area contributed by atoms with E-state index in [-0.39, 0.29) is 12.6 Å². The van der Waals surface area contributed by atoms with E-state index < -0.39 is 17.9 Å². The SMILES string of the molecule is COc1c(C)c2c(c(NC(=O)N(C)C)c1C/C=C(\C)CC(C)C(=O)O)C(=O)OC2. The number of fused-ring (bicyclic) bond motifs is 1. The van der Waals surface area contributed by atoms with Crippen molar-refractivity contribution in [3.63, 3.8) is 0 Å². The number of hydrogen-bond acceptors (Lipinski definition) is 5. The largest absolute Gasteiger partial charge is 0.496 e. The lowest BCUT2D eigenvalue weighted by molar-refractivity contribution is -0.141. The fourth-order valence-corrected chi connectivity index (χ4v) is 3.34. The monoisotopic (exact) mass is 404 g/mol. The number of rotatable bonds is 7. The van der Waals surface area contributed by atoms with Crippen LogP contribution in [0.5, 0.6) is 5.75 Å². The number of nitrogens with one attached hydrogen (secondary N) is 1. The van der Waals surface area contributed by atoms with Gasteiger partial charge >= 0.3 is 18.0 Å². The molecule has 2 N–H and O–H groups in total. The van der Waals surface area contributed by atoms with Gasteiger partial charge in [0.2, 0.25) is 0 Å². The molecule has 0 saturated heterocycles. The highest BCUT2D eigenvalue weighted by Gasteiger charge is 2.32. The molecule has 0 bridgehead atoms. The van der Waals surface area contributed by atoms with Crippen LogP contribution in [-0.4, -0.2) is 49.2 Å². The zero-order valence-corrected chi connectivity index (χ0v) is 17.7. The molecule has 0 radical (unpaired) electrons. The number of nitrogens with zero attached hydrogens (tertiary/aromatic N) is 1. The number of cyclic esters (lactones) is 1. The molecule has 1 aromatic carbocycles. The summed E-state index contributed by atoms with van der Waals surface area (Å²) in [6.45, 7) is 5.49. The second-order valence-electron chi connectivity index (χ2n) is 7.46. The summed E-state index contributed by atoms with van der Waals surface area (Å²) in [6.07, 6.45) is 2.67. The number of benzene rings is 1. The summed E-state index contributed by atoms with van der Waals surface area (Å²) < 4.78 is 10.8. The maximum atomic E-state index is 12.4. The van der Waals surface area contributed by atoms with Crippen LogP contribution in [0.2, 0.25) is 0 Å². The third kappa shape index (κ3) is 4.70. The van der Waals surface area contributed by atoms with E-state index in [1.165, 1.54) is 12.0 Å². The number of amides is 2. The molecule has 0 aromatic heterocycles. The third-order valence-electron chi connectivity index (χ3n) is 5.02. The number of carboxylic acid groups (broad SMARTS) is 1. The molecular weight excluding hydrogens is 376 g/mol. The number of anilines is 1. The maximum absolute atomic E-state index is 12.4. The van der Waals surface area contributed by atoms with Crippen LogP contribution >= 0.6 is 0 Å². The summed E-state index contributed by atoms with van der Waals surface area (Å²) in [7, 11) is 4.75. The maximum Gasteiger partial charge on any atom is 0.341 e. The van der Waals surface area contributed by atoms with Crippen LogP contribution in [0.3, 0.4) is 0 Å². The zero-order chi connectivity index (χ0) is 21.9. The lowest BCUT2D eigenvalue weighted by Crippen LogP contribution is -2.29. The average Bonchev–Trinajstić information content (AvgIpc) is 3.04. The van der Waals surface area contributed by atoms with Gasteiger partial charge in [-0.15, -0.1) is 0 Å². The van der Waals surface area contributed by atoms with E-state index in [1.807, 2.05) is 19.9 Å². The third-order valence-corrected chi connectivity index (χ3v) is 5.02. The van der Waals surface area contributed by atoms with Gasteiger partial charge in [0.15, 0.2) is 0 Å².